The summed E-state index contributed by atoms with van der Waals surface area (Å²) in [5.41, 5.74) is 5.47. The number of amides is 2. The van der Waals surface area contributed by atoms with Gasteiger partial charge in [0.05, 0.1) is 6.54 Å². The van der Waals surface area contributed by atoms with Crippen LogP contribution in [0.1, 0.15) is 24.1 Å². The van der Waals surface area contributed by atoms with E-state index in [-0.39, 0.29) is 30.8 Å². The Bertz CT molecular complexity index is 537. The predicted octanol–water partition coefficient (Wildman–Crippen LogP) is 1.51. The molecule has 3 rings (SSSR count). The van der Waals surface area contributed by atoms with Gasteiger partial charge < -0.3 is 15.5 Å². The maximum absolute atomic E-state index is 12.3. The fourth-order valence-electron chi connectivity index (χ4n) is 3.68. The van der Waals surface area contributed by atoms with Gasteiger partial charge in [-0.05, 0) is 36.6 Å². The van der Waals surface area contributed by atoms with E-state index in [4.69, 9.17) is 5.73 Å². The van der Waals surface area contributed by atoms with Crippen LogP contribution in [-0.4, -0.2) is 53.8 Å². The van der Waals surface area contributed by atoms with Gasteiger partial charge in [-0.1, -0.05) is 6.07 Å². The van der Waals surface area contributed by atoms with Crippen molar-refractivity contribution >= 4 is 35.6 Å². The summed E-state index contributed by atoms with van der Waals surface area (Å²) in [6, 6.07) is 4.47. The minimum atomic E-state index is 0. The second-order valence-electron chi connectivity index (χ2n) is 6.12. The predicted molar refractivity (Wildman–Crippen MR) is 93.7 cm³/mol. The number of thiophene rings is 1. The van der Waals surface area contributed by atoms with Crippen LogP contribution in [-0.2, 0) is 16.0 Å². The first kappa shape index (κ1) is 18.2. The molecule has 0 aromatic carbocycles. The largest absolute Gasteiger partial charge is 0.341 e. The molecule has 0 saturated carbocycles. The van der Waals surface area contributed by atoms with Crippen LogP contribution in [0.5, 0.6) is 0 Å². The summed E-state index contributed by atoms with van der Waals surface area (Å²) in [5, 5.41) is 2.08. The van der Waals surface area contributed by atoms with Gasteiger partial charge in [-0.25, -0.2) is 0 Å². The number of hydrogen-bond donors (Lipinski definition) is 1. The van der Waals surface area contributed by atoms with Crippen LogP contribution in [0.4, 0.5) is 0 Å². The Morgan fingerprint density at radius 1 is 1.39 bits per heavy atom. The second-order valence-corrected chi connectivity index (χ2v) is 7.15. The van der Waals surface area contributed by atoms with Crippen molar-refractivity contribution in [3.8, 4) is 0 Å². The van der Waals surface area contributed by atoms with E-state index in [1.165, 1.54) is 4.88 Å². The molecule has 2 N–H and O–H groups in total. The molecule has 2 fully saturated rings. The molecule has 7 heteroatoms. The van der Waals surface area contributed by atoms with Crippen LogP contribution in [0.2, 0.25) is 0 Å². The highest BCUT2D eigenvalue weighted by molar-refractivity contribution is 7.09. The van der Waals surface area contributed by atoms with E-state index in [1.54, 1.807) is 11.3 Å². The molecule has 1 aromatic rings. The van der Waals surface area contributed by atoms with Gasteiger partial charge in [-0.15, -0.1) is 23.7 Å². The van der Waals surface area contributed by atoms with Crippen LogP contribution in [0.3, 0.4) is 0 Å². The molecule has 2 saturated heterocycles. The average Bonchev–Trinajstić information content (AvgIpc) is 3.06. The first-order chi connectivity index (χ1) is 10.7. The fraction of sp³-hybridized carbons (Fsp3) is 0.625. The summed E-state index contributed by atoms with van der Waals surface area (Å²) in [4.78, 5) is 29.4. The van der Waals surface area contributed by atoms with Crippen molar-refractivity contribution in [2.75, 3.05) is 26.2 Å². The van der Waals surface area contributed by atoms with Gasteiger partial charge in [0.2, 0.25) is 11.8 Å². The Balaban J connectivity index is 0.00000192. The van der Waals surface area contributed by atoms with E-state index in [2.05, 4.69) is 22.4 Å². The molecule has 0 spiro atoms. The van der Waals surface area contributed by atoms with Crippen molar-refractivity contribution in [3.05, 3.63) is 22.4 Å². The summed E-state index contributed by atoms with van der Waals surface area (Å²) >= 11 is 1.74. The van der Waals surface area contributed by atoms with Crippen molar-refractivity contribution in [3.63, 3.8) is 0 Å². The van der Waals surface area contributed by atoms with Crippen LogP contribution < -0.4 is 5.73 Å². The third kappa shape index (κ3) is 4.05. The first-order valence-corrected chi connectivity index (χ1v) is 8.86. The molecule has 3 heterocycles. The number of piperidine rings is 2. The molecule has 0 bridgehead atoms. The van der Waals surface area contributed by atoms with Crippen molar-refractivity contribution in [1.82, 2.24) is 9.80 Å². The number of rotatable bonds is 4. The van der Waals surface area contributed by atoms with E-state index < -0.39 is 0 Å². The SMILES string of the molecule is Cl.NCC(=O)N1CC[C@@H]2[C@@H](CCC(=O)N2CCc2cccs2)C1. The van der Waals surface area contributed by atoms with Crippen molar-refractivity contribution < 1.29 is 9.59 Å². The summed E-state index contributed by atoms with van der Waals surface area (Å²) < 4.78 is 0. The van der Waals surface area contributed by atoms with Crippen LogP contribution in [0, 0.1) is 5.92 Å². The molecule has 0 aliphatic carbocycles. The number of halogens is 1. The topological polar surface area (TPSA) is 66.6 Å². The zero-order chi connectivity index (χ0) is 15.5. The smallest absolute Gasteiger partial charge is 0.236 e. The normalized spacial score (nSPS) is 24.1. The van der Waals surface area contributed by atoms with E-state index in [0.29, 0.717) is 18.4 Å². The first-order valence-electron chi connectivity index (χ1n) is 7.98. The number of carbonyl (C=O) groups is 2. The molecular weight excluding hydrogens is 334 g/mol. The number of nitrogens with two attached hydrogens (primary N) is 1. The van der Waals surface area contributed by atoms with Gasteiger partial charge in [0, 0.05) is 37.0 Å². The van der Waals surface area contributed by atoms with E-state index in [1.807, 2.05) is 4.90 Å². The third-order valence-corrected chi connectivity index (χ3v) is 5.79. The van der Waals surface area contributed by atoms with Crippen molar-refractivity contribution in [1.29, 1.82) is 0 Å². The summed E-state index contributed by atoms with van der Waals surface area (Å²) in [5.74, 6) is 0.710. The lowest BCUT2D eigenvalue weighted by Crippen LogP contribution is -2.57. The van der Waals surface area contributed by atoms with Gasteiger partial charge >= 0.3 is 0 Å². The highest BCUT2D eigenvalue weighted by Crippen LogP contribution is 2.31. The Labute approximate surface area is 147 Å². The molecule has 2 aliphatic heterocycles. The number of likely N-dealkylation sites (tertiary alicyclic amines) is 2. The Hall–Kier alpha value is -1.11. The van der Waals surface area contributed by atoms with Crippen LogP contribution in [0.15, 0.2) is 17.5 Å². The summed E-state index contributed by atoms with van der Waals surface area (Å²) in [7, 11) is 0. The Morgan fingerprint density at radius 3 is 2.91 bits per heavy atom. The number of fused-ring (bicyclic) bond motifs is 1. The lowest BCUT2D eigenvalue weighted by Gasteiger charge is -2.47. The lowest BCUT2D eigenvalue weighted by atomic mass is 9.83. The average molecular weight is 358 g/mol. The van der Waals surface area contributed by atoms with Crippen molar-refractivity contribution in [2.24, 2.45) is 11.7 Å². The molecule has 0 unspecified atom stereocenters. The maximum Gasteiger partial charge on any atom is 0.236 e. The molecule has 2 atom stereocenters. The van der Waals surface area contributed by atoms with Crippen molar-refractivity contribution in [2.45, 2.75) is 31.7 Å². The number of nitrogens with zero attached hydrogens (tertiary/aromatic N) is 2. The quantitative estimate of drug-likeness (QED) is 0.888. The minimum Gasteiger partial charge on any atom is -0.341 e. The van der Waals surface area contributed by atoms with Crippen LogP contribution in [0.25, 0.3) is 0 Å². The molecule has 128 valence electrons. The Kier molecular flexibility index (Phi) is 6.44. The van der Waals surface area contributed by atoms with Crippen LogP contribution >= 0.6 is 23.7 Å². The number of hydrogen-bond acceptors (Lipinski definition) is 4. The molecule has 1 aromatic heterocycles. The molecule has 2 aliphatic rings. The standard InChI is InChI=1S/C16H23N3O2S.ClH/c17-10-16(21)18-7-6-14-12(11-18)3-4-15(20)19(14)8-5-13-2-1-9-22-13;/h1-2,9,12,14H,3-8,10-11,17H2;1H/t12-,14+;/m0./s1. The molecular formula is C16H24ClN3O2S. The highest BCUT2D eigenvalue weighted by Gasteiger charge is 2.39. The second kappa shape index (κ2) is 8.13. The van der Waals surface area contributed by atoms with Gasteiger partial charge in [0.25, 0.3) is 0 Å². The minimum absolute atomic E-state index is 0. The fourth-order valence-corrected chi connectivity index (χ4v) is 4.38. The highest BCUT2D eigenvalue weighted by atomic mass is 35.5. The zero-order valence-corrected chi connectivity index (χ0v) is 14.8. The Morgan fingerprint density at radius 2 is 2.22 bits per heavy atom. The zero-order valence-electron chi connectivity index (χ0n) is 13.1. The maximum atomic E-state index is 12.3. The molecule has 2 amide bonds. The monoisotopic (exact) mass is 357 g/mol. The van der Waals surface area contributed by atoms with Gasteiger partial charge in [-0.3, -0.25) is 9.59 Å². The van der Waals surface area contributed by atoms with E-state index in [0.717, 1.165) is 38.9 Å². The molecule has 5 nitrogen and oxygen atoms in total. The summed E-state index contributed by atoms with van der Waals surface area (Å²) in [6.07, 6.45) is 3.31. The van der Waals surface area contributed by atoms with Gasteiger partial charge in [0.1, 0.15) is 0 Å². The van der Waals surface area contributed by atoms with Gasteiger partial charge in [0.15, 0.2) is 0 Å². The van der Waals surface area contributed by atoms with Gasteiger partial charge in [-0.2, -0.15) is 0 Å². The van der Waals surface area contributed by atoms with E-state index >= 15 is 0 Å². The lowest BCUT2D eigenvalue weighted by molar-refractivity contribution is -0.143. The molecule has 0 radical (unpaired) electrons. The number of carbonyl (C=O) groups excluding carboxylic acids is 2. The third-order valence-electron chi connectivity index (χ3n) is 4.85. The van der Waals surface area contributed by atoms with E-state index in [9.17, 15) is 9.59 Å². The molecule has 23 heavy (non-hydrogen) atoms. The summed E-state index contributed by atoms with van der Waals surface area (Å²) in [6.45, 7) is 2.35.